The van der Waals surface area contributed by atoms with E-state index in [0.29, 0.717) is 39.1 Å². The van der Waals surface area contributed by atoms with E-state index >= 15 is 0 Å². The lowest BCUT2D eigenvalue weighted by Crippen LogP contribution is -2.36. The summed E-state index contributed by atoms with van der Waals surface area (Å²) in [4.78, 5) is 29.6. The van der Waals surface area contributed by atoms with Gasteiger partial charge in [-0.05, 0) is 64.5 Å². The van der Waals surface area contributed by atoms with Crippen molar-refractivity contribution >= 4 is 11.9 Å². The van der Waals surface area contributed by atoms with Gasteiger partial charge in [-0.2, -0.15) is 0 Å². The second-order valence-electron chi connectivity index (χ2n) is 14.6. The average molecular weight is 711 g/mol. The van der Waals surface area contributed by atoms with Crippen LogP contribution in [0.2, 0.25) is 0 Å². The number of likely N-dealkylation sites (tertiary alicyclic amines) is 1. The van der Waals surface area contributed by atoms with Gasteiger partial charge >= 0.3 is 11.9 Å². The molecule has 8 heteroatoms. The van der Waals surface area contributed by atoms with Crippen molar-refractivity contribution in [3.05, 3.63) is 0 Å². The van der Waals surface area contributed by atoms with Crippen molar-refractivity contribution in [2.45, 2.75) is 181 Å². The molecule has 0 saturated carbocycles. The summed E-state index contributed by atoms with van der Waals surface area (Å²) in [5.74, 6) is -0.316. The maximum atomic E-state index is 12.5. The minimum atomic E-state index is -0.158. The molecule has 0 aromatic heterocycles. The van der Waals surface area contributed by atoms with Crippen LogP contribution in [0, 0.1) is 0 Å². The molecule has 1 heterocycles. The zero-order chi connectivity index (χ0) is 36.0. The lowest BCUT2D eigenvalue weighted by molar-refractivity contribution is -0.144. The molecular weight excluding hydrogens is 628 g/mol. The van der Waals surface area contributed by atoms with Gasteiger partial charge in [-0.3, -0.25) is 9.59 Å². The number of carbonyl (C=O) groups excluding carboxylic acids is 2. The van der Waals surface area contributed by atoms with Crippen LogP contribution in [0.4, 0.5) is 0 Å². The van der Waals surface area contributed by atoms with Crippen LogP contribution in [0.5, 0.6) is 0 Å². The van der Waals surface area contributed by atoms with E-state index in [0.717, 1.165) is 91.1 Å². The second kappa shape index (κ2) is 37.5. The van der Waals surface area contributed by atoms with E-state index in [1.165, 1.54) is 116 Å². The number of rotatable bonds is 39. The number of nitrogens with zero attached hydrogens (tertiary/aromatic N) is 2. The third-order valence-electron chi connectivity index (χ3n) is 9.87. The molecule has 1 rings (SSSR count). The summed E-state index contributed by atoms with van der Waals surface area (Å²) in [6.45, 7) is 13.9. The molecule has 0 spiro atoms. The molecule has 0 aromatic rings. The molecule has 8 nitrogen and oxygen atoms in total. The fourth-order valence-electron chi connectivity index (χ4n) is 6.49. The Morgan fingerprint density at radius 1 is 0.460 bits per heavy atom. The molecule has 0 aromatic carbocycles. The molecule has 1 aliphatic heterocycles. The first-order chi connectivity index (χ1) is 24.7. The highest BCUT2D eigenvalue weighted by molar-refractivity contribution is 5.70. The zero-order valence-electron chi connectivity index (χ0n) is 33.2. The highest BCUT2D eigenvalue weighted by atomic mass is 16.5. The Labute approximate surface area is 309 Å². The van der Waals surface area contributed by atoms with Crippen molar-refractivity contribution in [2.24, 2.45) is 0 Å². The van der Waals surface area contributed by atoms with Crippen LogP contribution in [0.15, 0.2) is 0 Å². The van der Waals surface area contributed by atoms with E-state index in [4.69, 9.17) is 18.9 Å². The molecule has 0 atom stereocenters. The molecule has 0 radical (unpaired) electrons. The Bertz CT molecular complexity index is 683. The summed E-state index contributed by atoms with van der Waals surface area (Å²) in [5.41, 5.74) is 0. The number of ether oxygens (including phenoxy) is 4. The smallest absolute Gasteiger partial charge is 0.307 e. The molecule has 50 heavy (non-hydrogen) atoms. The van der Waals surface area contributed by atoms with E-state index in [2.05, 4.69) is 23.6 Å². The minimum Gasteiger partial charge on any atom is -0.466 e. The fourth-order valence-corrected chi connectivity index (χ4v) is 6.49. The molecule has 0 bridgehead atoms. The first-order valence-corrected chi connectivity index (χ1v) is 21.6. The van der Waals surface area contributed by atoms with Crippen molar-refractivity contribution in [1.29, 1.82) is 0 Å². The first-order valence-electron chi connectivity index (χ1n) is 21.6. The molecule has 296 valence electrons. The van der Waals surface area contributed by atoms with Crippen LogP contribution in [-0.2, 0) is 28.5 Å². The van der Waals surface area contributed by atoms with E-state index in [1.54, 1.807) is 0 Å². The van der Waals surface area contributed by atoms with Crippen molar-refractivity contribution in [1.82, 2.24) is 9.80 Å². The summed E-state index contributed by atoms with van der Waals surface area (Å²) >= 11 is 0. The van der Waals surface area contributed by atoms with E-state index in [1.807, 2.05) is 0 Å². The summed E-state index contributed by atoms with van der Waals surface area (Å²) in [5, 5.41) is 0. The molecule has 0 N–H and O–H groups in total. The molecule has 1 aliphatic rings. The van der Waals surface area contributed by atoms with Crippen molar-refractivity contribution in [2.75, 3.05) is 78.9 Å². The summed E-state index contributed by atoms with van der Waals surface area (Å²) < 4.78 is 22.6. The monoisotopic (exact) mass is 711 g/mol. The van der Waals surface area contributed by atoms with E-state index in [-0.39, 0.29) is 11.9 Å². The highest BCUT2D eigenvalue weighted by Gasteiger charge is 2.16. The lowest BCUT2D eigenvalue weighted by atomic mass is 10.1. The normalized spacial score (nSPS) is 13.4. The molecule has 1 saturated heterocycles. The maximum absolute atomic E-state index is 12.5. The predicted molar refractivity (Wildman–Crippen MR) is 208 cm³/mol. The van der Waals surface area contributed by atoms with Crippen molar-refractivity contribution in [3.8, 4) is 0 Å². The van der Waals surface area contributed by atoms with Gasteiger partial charge in [-0.25, -0.2) is 0 Å². The number of esters is 2. The Morgan fingerprint density at radius 2 is 0.800 bits per heavy atom. The Morgan fingerprint density at radius 3 is 1.20 bits per heavy atom. The van der Waals surface area contributed by atoms with Gasteiger partial charge < -0.3 is 28.7 Å². The molecule has 1 fully saturated rings. The third kappa shape index (κ3) is 32.7. The highest BCUT2D eigenvalue weighted by Crippen LogP contribution is 2.11. The van der Waals surface area contributed by atoms with Crippen LogP contribution in [0.3, 0.4) is 0 Å². The first kappa shape index (κ1) is 46.8. The number of carbonyl (C=O) groups is 2. The fraction of sp³-hybridized carbons (Fsp3) is 0.952. The predicted octanol–water partition coefficient (Wildman–Crippen LogP) is 9.91. The lowest BCUT2D eigenvalue weighted by Gasteiger charge is -2.24. The van der Waals surface area contributed by atoms with Crippen LogP contribution in [-0.4, -0.2) is 101 Å². The standard InChI is InChI=1S/C42H82N2O6/c1-3-5-7-9-11-13-15-17-21-35-47-37-23-25-39-49-41(45)27-31-44(34-33-43-29-19-20-30-43)32-28-42(46)50-40-26-24-38-48-36-22-18-16-14-12-10-8-6-4-2/h3-40H2,1-2H3. The van der Waals surface area contributed by atoms with Crippen LogP contribution in [0.25, 0.3) is 0 Å². The van der Waals surface area contributed by atoms with E-state index < -0.39 is 0 Å². The van der Waals surface area contributed by atoms with Gasteiger partial charge in [0.2, 0.25) is 0 Å². The van der Waals surface area contributed by atoms with Crippen LogP contribution < -0.4 is 0 Å². The number of hydrogen-bond acceptors (Lipinski definition) is 8. The Balaban J connectivity index is 2.04. The minimum absolute atomic E-state index is 0.158. The maximum Gasteiger partial charge on any atom is 0.307 e. The third-order valence-corrected chi connectivity index (χ3v) is 9.87. The van der Waals surface area contributed by atoms with Crippen molar-refractivity contribution in [3.63, 3.8) is 0 Å². The van der Waals surface area contributed by atoms with E-state index in [9.17, 15) is 9.59 Å². The zero-order valence-corrected chi connectivity index (χ0v) is 33.2. The Hall–Kier alpha value is -1.22. The van der Waals surface area contributed by atoms with Gasteiger partial charge in [-0.1, -0.05) is 117 Å². The molecule has 0 amide bonds. The average Bonchev–Trinajstić information content (AvgIpc) is 3.65. The quantitative estimate of drug-likeness (QED) is 0.0461. The molecular formula is C42H82N2O6. The van der Waals surface area contributed by atoms with Gasteiger partial charge in [0.05, 0.1) is 26.1 Å². The van der Waals surface area contributed by atoms with Crippen LogP contribution in [0.1, 0.15) is 181 Å². The summed E-state index contributed by atoms with van der Waals surface area (Å²) in [6.07, 6.45) is 30.6. The van der Waals surface area contributed by atoms with Gasteiger partial charge in [0.1, 0.15) is 0 Å². The van der Waals surface area contributed by atoms with Gasteiger partial charge in [0.25, 0.3) is 0 Å². The Kier molecular flexibility index (Phi) is 35.1. The van der Waals surface area contributed by atoms with Gasteiger partial charge in [-0.15, -0.1) is 0 Å². The summed E-state index contributed by atoms with van der Waals surface area (Å²) in [6, 6.07) is 0. The second-order valence-corrected chi connectivity index (χ2v) is 14.6. The topological polar surface area (TPSA) is 77.5 Å². The van der Waals surface area contributed by atoms with Gasteiger partial charge in [0.15, 0.2) is 0 Å². The summed E-state index contributed by atoms with van der Waals surface area (Å²) in [7, 11) is 0. The number of hydrogen-bond donors (Lipinski definition) is 0. The SMILES string of the molecule is CCCCCCCCCCCOCCCCOC(=O)CCN(CCC(=O)OCCCCOCCCCCCCCCCC)CCN1CCCC1. The largest absolute Gasteiger partial charge is 0.466 e. The molecule has 0 unspecified atom stereocenters. The molecule has 0 aliphatic carbocycles. The van der Waals surface area contributed by atoms with Gasteiger partial charge in [0, 0.05) is 52.6 Å². The van der Waals surface area contributed by atoms with Crippen LogP contribution >= 0.6 is 0 Å². The number of unbranched alkanes of at least 4 members (excludes halogenated alkanes) is 18. The van der Waals surface area contributed by atoms with Crippen molar-refractivity contribution < 1.29 is 28.5 Å².